The topological polar surface area (TPSA) is 103 Å². The lowest BCUT2D eigenvalue weighted by Crippen LogP contribution is -2.28. The van der Waals surface area contributed by atoms with E-state index in [1.54, 1.807) is 24.3 Å². The Morgan fingerprint density at radius 1 is 1.16 bits per heavy atom. The summed E-state index contributed by atoms with van der Waals surface area (Å²) in [6.07, 6.45) is -0.571. The number of nitrogens with one attached hydrogen (secondary N) is 3. The highest BCUT2D eigenvalue weighted by Gasteiger charge is 2.08. The van der Waals surface area contributed by atoms with Gasteiger partial charge in [-0.2, -0.15) is 5.26 Å². The summed E-state index contributed by atoms with van der Waals surface area (Å²) in [4.78, 5) is 23.0. The van der Waals surface area contributed by atoms with E-state index in [-0.39, 0.29) is 17.8 Å². The van der Waals surface area contributed by atoms with Gasteiger partial charge in [-0.25, -0.2) is 14.0 Å². The van der Waals surface area contributed by atoms with Crippen LogP contribution in [-0.4, -0.2) is 19.2 Å². The predicted octanol–water partition coefficient (Wildman–Crippen LogP) is 3.20. The van der Waals surface area contributed by atoms with Crippen molar-refractivity contribution in [3.8, 4) is 6.07 Å². The molecular weight excluding hydrogens is 327 g/mol. The Kier molecular flexibility index (Phi) is 5.90. The van der Waals surface area contributed by atoms with Crippen LogP contribution < -0.4 is 16.0 Å². The number of methoxy groups -OCH3 is 1. The van der Waals surface area contributed by atoms with Crippen LogP contribution in [-0.2, 0) is 11.3 Å². The van der Waals surface area contributed by atoms with E-state index in [9.17, 15) is 14.0 Å². The minimum atomic E-state index is -0.571. The minimum absolute atomic E-state index is 0.0355. The fourth-order valence-corrected chi connectivity index (χ4v) is 1.94. The number of halogens is 1. The number of nitrogens with zero attached hydrogens (tertiary/aromatic N) is 1. The maximum absolute atomic E-state index is 13.1. The third-order valence-corrected chi connectivity index (χ3v) is 3.19. The molecule has 0 aliphatic rings. The molecule has 0 heterocycles. The number of ether oxygens (including phenoxy) is 1. The van der Waals surface area contributed by atoms with Gasteiger partial charge in [0.15, 0.2) is 0 Å². The maximum atomic E-state index is 13.1. The van der Waals surface area contributed by atoms with Crippen molar-refractivity contribution in [2.24, 2.45) is 0 Å². The zero-order chi connectivity index (χ0) is 18.2. The van der Waals surface area contributed by atoms with E-state index >= 15 is 0 Å². The SMILES string of the molecule is COC(=O)Nc1ccc(CNC(=O)Nc2ccc(F)cc2C#N)cc1. The van der Waals surface area contributed by atoms with Gasteiger partial charge in [0.1, 0.15) is 11.9 Å². The molecule has 0 aromatic heterocycles. The fourth-order valence-electron chi connectivity index (χ4n) is 1.94. The van der Waals surface area contributed by atoms with Crippen LogP contribution in [0.15, 0.2) is 42.5 Å². The number of rotatable bonds is 4. The number of urea groups is 1. The van der Waals surface area contributed by atoms with Crippen LogP contribution in [0.5, 0.6) is 0 Å². The summed E-state index contributed by atoms with van der Waals surface area (Å²) in [6.45, 7) is 0.230. The molecule has 25 heavy (non-hydrogen) atoms. The van der Waals surface area contributed by atoms with E-state index in [2.05, 4.69) is 20.7 Å². The van der Waals surface area contributed by atoms with Crippen LogP contribution in [0.4, 0.5) is 25.4 Å². The number of hydrogen-bond acceptors (Lipinski definition) is 4. The van der Waals surface area contributed by atoms with Crippen LogP contribution in [0.1, 0.15) is 11.1 Å². The standard InChI is InChI=1S/C17H15FN4O3/c1-25-17(24)21-14-5-2-11(3-6-14)10-20-16(23)22-15-7-4-13(18)8-12(15)9-19/h2-8H,10H2,1H3,(H,21,24)(H2,20,22,23). The molecule has 128 valence electrons. The summed E-state index contributed by atoms with van der Waals surface area (Å²) in [7, 11) is 1.27. The van der Waals surface area contributed by atoms with E-state index in [0.717, 1.165) is 17.7 Å². The monoisotopic (exact) mass is 342 g/mol. The number of carbonyl (C=O) groups excluding carboxylic acids is 2. The van der Waals surface area contributed by atoms with E-state index in [1.165, 1.54) is 13.2 Å². The quantitative estimate of drug-likeness (QED) is 0.794. The van der Waals surface area contributed by atoms with Crippen molar-refractivity contribution >= 4 is 23.5 Å². The van der Waals surface area contributed by atoms with E-state index in [0.29, 0.717) is 5.69 Å². The Hall–Kier alpha value is -3.60. The Morgan fingerprint density at radius 2 is 1.88 bits per heavy atom. The molecule has 3 N–H and O–H groups in total. The zero-order valence-corrected chi connectivity index (χ0v) is 13.3. The van der Waals surface area contributed by atoms with Crippen molar-refractivity contribution in [1.29, 1.82) is 5.26 Å². The van der Waals surface area contributed by atoms with Crippen LogP contribution in [0, 0.1) is 17.1 Å². The summed E-state index contributed by atoms with van der Waals surface area (Å²) in [5.41, 5.74) is 1.61. The fraction of sp³-hybridized carbons (Fsp3) is 0.118. The molecule has 7 nitrogen and oxygen atoms in total. The maximum Gasteiger partial charge on any atom is 0.411 e. The normalized spacial score (nSPS) is 9.64. The van der Waals surface area contributed by atoms with Crippen molar-refractivity contribution in [2.45, 2.75) is 6.54 Å². The van der Waals surface area contributed by atoms with Gasteiger partial charge in [0.05, 0.1) is 18.4 Å². The highest BCUT2D eigenvalue weighted by Crippen LogP contribution is 2.16. The van der Waals surface area contributed by atoms with Gasteiger partial charge in [-0.05, 0) is 35.9 Å². The molecule has 3 amide bonds. The van der Waals surface area contributed by atoms with E-state index < -0.39 is 17.9 Å². The first kappa shape index (κ1) is 17.7. The summed E-state index contributed by atoms with van der Waals surface area (Å²) >= 11 is 0. The van der Waals surface area contributed by atoms with E-state index in [1.807, 2.05) is 6.07 Å². The minimum Gasteiger partial charge on any atom is -0.453 e. The van der Waals surface area contributed by atoms with Crippen molar-refractivity contribution in [2.75, 3.05) is 17.7 Å². The van der Waals surface area contributed by atoms with Gasteiger partial charge in [0.25, 0.3) is 0 Å². The first-order chi connectivity index (χ1) is 12.0. The number of benzene rings is 2. The third-order valence-electron chi connectivity index (χ3n) is 3.19. The molecule has 0 aliphatic carbocycles. The highest BCUT2D eigenvalue weighted by molar-refractivity contribution is 5.90. The summed E-state index contributed by atoms with van der Waals surface area (Å²) in [6, 6.07) is 11.6. The lowest BCUT2D eigenvalue weighted by atomic mass is 10.2. The molecule has 0 spiro atoms. The molecule has 0 atom stereocenters. The van der Waals surface area contributed by atoms with Crippen LogP contribution in [0.3, 0.4) is 0 Å². The number of anilines is 2. The molecular formula is C17H15FN4O3. The number of carbonyl (C=O) groups is 2. The largest absolute Gasteiger partial charge is 0.453 e. The van der Waals surface area contributed by atoms with Crippen LogP contribution in [0.2, 0.25) is 0 Å². The molecule has 0 bridgehead atoms. The molecule has 0 radical (unpaired) electrons. The Labute approximate surface area is 143 Å². The summed E-state index contributed by atoms with van der Waals surface area (Å²) < 4.78 is 17.5. The van der Waals surface area contributed by atoms with Gasteiger partial charge in [-0.3, -0.25) is 5.32 Å². The molecule has 0 saturated heterocycles. The number of hydrogen-bond donors (Lipinski definition) is 3. The second-order valence-electron chi connectivity index (χ2n) is 4.92. The summed E-state index contributed by atoms with van der Waals surface area (Å²) in [5.74, 6) is -0.553. The van der Waals surface area contributed by atoms with Gasteiger partial charge < -0.3 is 15.4 Å². The van der Waals surface area contributed by atoms with Gasteiger partial charge in [-0.1, -0.05) is 12.1 Å². The highest BCUT2D eigenvalue weighted by atomic mass is 19.1. The van der Waals surface area contributed by atoms with Crippen LogP contribution >= 0.6 is 0 Å². The van der Waals surface area contributed by atoms with Gasteiger partial charge in [0.2, 0.25) is 0 Å². The molecule has 2 aromatic carbocycles. The van der Waals surface area contributed by atoms with Gasteiger partial charge >= 0.3 is 12.1 Å². The first-order valence-corrected chi connectivity index (χ1v) is 7.20. The molecule has 2 rings (SSSR count). The lowest BCUT2D eigenvalue weighted by Gasteiger charge is -2.10. The van der Waals surface area contributed by atoms with Crippen LogP contribution in [0.25, 0.3) is 0 Å². The van der Waals surface area contributed by atoms with Crippen molar-refractivity contribution in [1.82, 2.24) is 5.32 Å². The molecule has 2 aromatic rings. The second-order valence-corrected chi connectivity index (χ2v) is 4.92. The van der Waals surface area contributed by atoms with Crippen molar-refractivity contribution in [3.05, 3.63) is 59.4 Å². The molecule has 8 heteroatoms. The third kappa shape index (κ3) is 5.21. The predicted molar refractivity (Wildman–Crippen MR) is 89.4 cm³/mol. The number of nitriles is 1. The zero-order valence-electron chi connectivity index (χ0n) is 13.3. The Balaban J connectivity index is 1.90. The lowest BCUT2D eigenvalue weighted by molar-refractivity contribution is 0.187. The Morgan fingerprint density at radius 3 is 2.52 bits per heavy atom. The molecule has 0 saturated carbocycles. The Bertz CT molecular complexity index is 816. The molecule has 0 fully saturated rings. The van der Waals surface area contributed by atoms with Crippen molar-refractivity contribution in [3.63, 3.8) is 0 Å². The van der Waals surface area contributed by atoms with Crippen molar-refractivity contribution < 1.29 is 18.7 Å². The van der Waals surface area contributed by atoms with Gasteiger partial charge in [0, 0.05) is 12.2 Å². The average Bonchev–Trinajstić information content (AvgIpc) is 2.62. The first-order valence-electron chi connectivity index (χ1n) is 7.20. The number of amides is 3. The molecule has 0 aliphatic heterocycles. The smallest absolute Gasteiger partial charge is 0.411 e. The van der Waals surface area contributed by atoms with Gasteiger partial charge in [-0.15, -0.1) is 0 Å². The second kappa shape index (κ2) is 8.31. The molecule has 0 unspecified atom stereocenters. The summed E-state index contributed by atoms with van der Waals surface area (Å²) in [5, 5.41) is 16.6. The average molecular weight is 342 g/mol. The van der Waals surface area contributed by atoms with E-state index in [4.69, 9.17) is 5.26 Å².